The molecule has 6 heteroatoms. The molecule has 0 unspecified atom stereocenters. The van der Waals surface area contributed by atoms with Gasteiger partial charge in [-0.15, -0.1) is 10.2 Å². The second-order valence-corrected chi connectivity index (χ2v) is 6.54. The van der Waals surface area contributed by atoms with Gasteiger partial charge in [-0.2, -0.15) is 0 Å². The number of hydrogen-bond acceptors (Lipinski definition) is 6. The van der Waals surface area contributed by atoms with E-state index in [0.717, 1.165) is 27.7 Å². The van der Waals surface area contributed by atoms with E-state index in [4.69, 9.17) is 0 Å². The zero-order chi connectivity index (χ0) is 11.4. The standard InChI is InChI=1S/C10H18N4S2/c1-14(2)9-12-13-10(16-9)15-6-5-11-7-8-3-4-8/h8,11H,3-7H2,1-2H3. The van der Waals surface area contributed by atoms with Crippen molar-refractivity contribution < 1.29 is 0 Å². The van der Waals surface area contributed by atoms with E-state index in [1.807, 2.05) is 19.0 Å². The molecule has 1 fully saturated rings. The van der Waals surface area contributed by atoms with E-state index in [2.05, 4.69) is 15.5 Å². The van der Waals surface area contributed by atoms with Crippen LogP contribution in [0.3, 0.4) is 0 Å². The first-order chi connectivity index (χ1) is 7.75. The highest BCUT2D eigenvalue weighted by Gasteiger charge is 2.19. The molecule has 0 aliphatic heterocycles. The molecule has 0 amide bonds. The lowest BCUT2D eigenvalue weighted by Gasteiger charge is -2.03. The Hall–Kier alpha value is -0.330. The summed E-state index contributed by atoms with van der Waals surface area (Å²) in [5, 5.41) is 12.7. The molecule has 90 valence electrons. The largest absolute Gasteiger partial charge is 0.353 e. The summed E-state index contributed by atoms with van der Waals surface area (Å²) < 4.78 is 1.07. The SMILES string of the molecule is CN(C)c1nnc(SCCNCC2CC2)s1. The first-order valence-electron chi connectivity index (χ1n) is 5.60. The second kappa shape index (κ2) is 5.84. The number of rotatable bonds is 7. The van der Waals surface area contributed by atoms with Crippen LogP contribution in [0, 0.1) is 5.92 Å². The summed E-state index contributed by atoms with van der Waals surface area (Å²) in [4.78, 5) is 1.99. The van der Waals surface area contributed by atoms with Gasteiger partial charge in [0.2, 0.25) is 5.13 Å². The van der Waals surface area contributed by atoms with Crippen molar-refractivity contribution in [3.8, 4) is 0 Å². The van der Waals surface area contributed by atoms with Crippen LogP contribution in [0.4, 0.5) is 5.13 Å². The molecule has 1 heterocycles. The van der Waals surface area contributed by atoms with E-state index in [9.17, 15) is 0 Å². The molecule has 1 aromatic rings. The summed E-state index contributed by atoms with van der Waals surface area (Å²) in [5.74, 6) is 2.04. The Labute approximate surface area is 105 Å². The van der Waals surface area contributed by atoms with Gasteiger partial charge < -0.3 is 10.2 Å². The van der Waals surface area contributed by atoms with Gasteiger partial charge in [0.1, 0.15) is 0 Å². The van der Waals surface area contributed by atoms with Crippen molar-refractivity contribution in [2.75, 3.05) is 37.8 Å². The minimum Gasteiger partial charge on any atom is -0.353 e. The topological polar surface area (TPSA) is 41.1 Å². The maximum absolute atomic E-state index is 4.14. The van der Waals surface area contributed by atoms with Gasteiger partial charge in [0.25, 0.3) is 0 Å². The van der Waals surface area contributed by atoms with E-state index in [1.54, 1.807) is 23.1 Å². The van der Waals surface area contributed by atoms with Gasteiger partial charge in [-0.05, 0) is 25.3 Å². The van der Waals surface area contributed by atoms with E-state index in [1.165, 1.54) is 19.4 Å². The number of thioether (sulfide) groups is 1. The molecule has 1 aromatic heterocycles. The van der Waals surface area contributed by atoms with Crippen LogP contribution >= 0.6 is 23.1 Å². The fourth-order valence-electron chi connectivity index (χ4n) is 1.28. The van der Waals surface area contributed by atoms with E-state index >= 15 is 0 Å². The molecule has 0 spiro atoms. The van der Waals surface area contributed by atoms with Gasteiger partial charge in [0, 0.05) is 26.4 Å². The maximum Gasteiger partial charge on any atom is 0.208 e. The summed E-state index contributed by atoms with van der Waals surface area (Å²) in [5.41, 5.74) is 0. The fraction of sp³-hybridized carbons (Fsp3) is 0.800. The van der Waals surface area contributed by atoms with Crippen molar-refractivity contribution in [3.63, 3.8) is 0 Å². The number of nitrogens with one attached hydrogen (secondary N) is 1. The van der Waals surface area contributed by atoms with Gasteiger partial charge >= 0.3 is 0 Å². The molecule has 0 atom stereocenters. The average molecular weight is 258 g/mol. The third-order valence-electron chi connectivity index (χ3n) is 2.41. The predicted octanol–water partition coefficient (Wildman–Crippen LogP) is 1.70. The molecule has 1 aliphatic carbocycles. The smallest absolute Gasteiger partial charge is 0.208 e. The van der Waals surface area contributed by atoms with Crippen molar-refractivity contribution in [1.82, 2.24) is 15.5 Å². The predicted molar refractivity (Wildman–Crippen MR) is 70.6 cm³/mol. The third kappa shape index (κ3) is 3.92. The molecule has 0 aromatic carbocycles. The molecule has 2 rings (SSSR count). The minimum atomic E-state index is 0.965. The number of nitrogens with zero attached hydrogens (tertiary/aromatic N) is 3. The summed E-state index contributed by atoms with van der Waals surface area (Å²) in [6.07, 6.45) is 2.84. The Morgan fingerprint density at radius 2 is 2.25 bits per heavy atom. The van der Waals surface area contributed by atoms with Crippen molar-refractivity contribution in [2.24, 2.45) is 5.92 Å². The van der Waals surface area contributed by atoms with Crippen LogP contribution in [-0.2, 0) is 0 Å². The average Bonchev–Trinajstić information content (AvgIpc) is 2.94. The number of hydrogen-bond donors (Lipinski definition) is 1. The van der Waals surface area contributed by atoms with Crippen molar-refractivity contribution in [3.05, 3.63) is 0 Å². The van der Waals surface area contributed by atoms with Crippen LogP contribution in [0.5, 0.6) is 0 Å². The Bertz CT molecular complexity index is 322. The van der Waals surface area contributed by atoms with Crippen molar-refractivity contribution >= 4 is 28.2 Å². The summed E-state index contributed by atoms with van der Waals surface area (Å²) in [6, 6.07) is 0. The molecule has 0 saturated heterocycles. The van der Waals surface area contributed by atoms with E-state index in [0.29, 0.717) is 0 Å². The van der Waals surface area contributed by atoms with Gasteiger partial charge in [0.05, 0.1) is 0 Å². The minimum absolute atomic E-state index is 0.965. The summed E-state index contributed by atoms with van der Waals surface area (Å²) >= 11 is 3.44. The van der Waals surface area contributed by atoms with Crippen LogP contribution in [0.2, 0.25) is 0 Å². The molecule has 1 aliphatic rings. The van der Waals surface area contributed by atoms with Crippen molar-refractivity contribution in [1.29, 1.82) is 0 Å². The maximum atomic E-state index is 4.14. The molecule has 1 N–H and O–H groups in total. The van der Waals surface area contributed by atoms with Gasteiger partial charge in [-0.25, -0.2) is 0 Å². The first-order valence-corrected chi connectivity index (χ1v) is 7.40. The molecule has 0 bridgehead atoms. The fourth-order valence-corrected chi connectivity index (χ4v) is 3.01. The van der Waals surface area contributed by atoms with Crippen LogP contribution in [0.25, 0.3) is 0 Å². The highest BCUT2D eigenvalue weighted by atomic mass is 32.2. The Morgan fingerprint density at radius 1 is 1.44 bits per heavy atom. The zero-order valence-corrected chi connectivity index (χ0v) is 11.4. The highest BCUT2D eigenvalue weighted by Crippen LogP contribution is 2.28. The molecular formula is C10H18N4S2. The van der Waals surface area contributed by atoms with E-state index < -0.39 is 0 Å². The molecule has 4 nitrogen and oxygen atoms in total. The summed E-state index contributed by atoms with van der Waals surface area (Å²) in [6.45, 7) is 2.26. The van der Waals surface area contributed by atoms with Crippen LogP contribution < -0.4 is 10.2 Å². The first kappa shape index (κ1) is 12.1. The zero-order valence-electron chi connectivity index (χ0n) is 9.77. The normalized spacial score (nSPS) is 15.4. The Kier molecular flexibility index (Phi) is 4.43. The van der Waals surface area contributed by atoms with Crippen molar-refractivity contribution in [2.45, 2.75) is 17.2 Å². The number of aromatic nitrogens is 2. The van der Waals surface area contributed by atoms with Crippen LogP contribution in [0.1, 0.15) is 12.8 Å². The van der Waals surface area contributed by atoms with Gasteiger partial charge in [-0.3, -0.25) is 0 Å². The van der Waals surface area contributed by atoms with Crippen LogP contribution in [0.15, 0.2) is 4.34 Å². The second-order valence-electron chi connectivity index (χ2n) is 4.24. The quantitative estimate of drug-likeness (QED) is 0.595. The lowest BCUT2D eigenvalue weighted by atomic mass is 10.4. The van der Waals surface area contributed by atoms with Crippen LogP contribution in [-0.4, -0.2) is 43.1 Å². The molecule has 0 radical (unpaired) electrons. The van der Waals surface area contributed by atoms with E-state index in [-0.39, 0.29) is 0 Å². The monoisotopic (exact) mass is 258 g/mol. The molecule has 1 saturated carbocycles. The van der Waals surface area contributed by atoms with Gasteiger partial charge in [-0.1, -0.05) is 23.1 Å². The Morgan fingerprint density at radius 3 is 2.88 bits per heavy atom. The molecule has 16 heavy (non-hydrogen) atoms. The summed E-state index contributed by atoms with van der Waals surface area (Å²) in [7, 11) is 3.98. The highest BCUT2D eigenvalue weighted by molar-refractivity contribution is 8.01. The third-order valence-corrected chi connectivity index (χ3v) is 4.64. The number of anilines is 1. The lowest BCUT2D eigenvalue weighted by Crippen LogP contribution is -2.19. The lowest BCUT2D eigenvalue weighted by molar-refractivity contribution is 0.666. The molecular weight excluding hydrogens is 240 g/mol. The van der Waals surface area contributed by atoms with Gasteiger partial charge in [0.15, 0.2) is 4.34 Å². The Balaban J connectivity index is 1.60.